The maximum atomic E-state index is 10.7. The zero-order valence-electron chi connectivity index (χ0n) is 9.74. The summed E-state index contributed by atoms with van der Waals surface area (Å²) in [6, 6.07) is 2.98. The zero-order chi connectivity index (χ0) is 13.0. The summed E-state index contributed by atoms with van der Waals surface area (Å²) in [5.41, 5.74) is 1.41. The molecule has 1 aromatic carbocycles. The van der Waals surface area contributed by atoms with E-state index in [9.17, 15) is 10.1 Å². The van der Waals surface area contributed by atoms with Gasteiger partial charge in [0, 0.05) is 24.9 Å². The van der Waals surface area contributed by atoms with Crippen LogP contribution >= 0.6 is 11.6 Å². The lowest BCUT2D eigenvalue weighted by Gasteiger charge is -2.13. The van der Waals surface area contributed by atoms with Crippen molar-refractivity contribution < 1.29 is 10.0 Å². The van der Waals surface area contributed by atoms with Crippen LogP contribution in [0, 0.1) is 23.0 Å². The van der Waals surface area contributed by atoms with Gasteiger partial charge < -0.3 is 10.4 Å². The van der Waals surface area contributed by atoms with E-state index in [1.807, 2.05) is 6.92 Å². The van der Waals surface area contributed by atoms with Crippen molar-refractivity contribution in [2.75, 3.05) is 18.5 Å². The highest BCUT2D eigenvalue weighted by Gasteiger charge is 2.15. The normalized spacial score (nSPS) is 12.2. The van der Waals surface area contributed by atoms with Gasteiger partial charge in [0.25, 0.3) is 5.69 Å². The van der Waals surface area contributed by atoms with E-state index in [0.717, 1.165) is 11.3 Å². The third-order valence-corrected chi connectivity index (χ3v) is 2.75. The molecule has 5 nitrogen and oxygen atoms in total. The van der Waals surface area contributed by atoms with Crippen molar-refractivity contribution >= 4 is 23.0 Å². The van der Waals surface area contributed by atoms with Crippen molar-refractivity contribution in [3.63, 3.8) is 0 Å². The average molecular weight is 259 g/mol. The Hall–Kier alpha value is -1.33. The van der Waals surface area contributed by atoms with Crippen molar-refractivity contribution in [2.24, 2.45) is 5.92 Å². The zero-order valence-corrected chi connectivity index (χ0v) is 10.5. The van der Waals surface area contributed by atoms with E-state index in [1.165, 1.54) is 6.07 Å². The Labute approximate surface area is 105 Å². The van der Waals surface area contributed by atoms with Gasteiger partial charge in [0.1, 0.15) is 5.02 Å². The molecule has 0 aliphatic heterocycles. The average Bonchev–Trinajstić information content (AvgIpc) is 2.28. The van der Waals surface area contributed by atoms with Gasteiger partial charge in [0.2, 0.25) is 0 Å². The summed E-state index contributed by atoms with van der Waals surface area (Å²) in [6.07, 6.45) is 0. The molecule has 0 aliphatic rings. The first-order valence-corrected chi connectivity index (χ1v) is 5.62. The number of halogens is 1. The molecule has 0 aliphatic carbocycles. The molecule has 0 fully saturated rings. The predicted molar refractivity (Wildman–Crippen MR) is 67.6 cm³/mol. The Kier molecular flexibility index (Phi) is 4.72. The molecule has 0 bridgehead atoms. The van der Waals surface area contributed by atoms with Crippen LogP contribution in [0.2, 0.25) is 5.02 Å². The number of benzene rings is 1. The van der Waals surface area contributed by atoms with Crippen LogP contribution in [0.25, 0.3) is 0 Å². The van der Waals surface area contributed by atoms with Crippen LogP contribution in [0.3, 0.4) is 0 Å². The van der Waals surface area contributed by atoms with Gasteiger partial charge in [-0.1, -0.05) is 18.5 Å². The fraction of sp³-hybridized carbons (Fsp3) is 0.455. The fourth-order valence-electron chi connectivity index (χ4n) is 1.35. The topological polar surface area (TPSA) is 75.4 Å². The predicted octanol–water partition coefficient (Wildman–Crippen LogP) is 2.60. The van der Waals surface area contributed by atoms with Crippen molar-refractivity contribution in [3.8, 4) is 0 Å². The number of hydrogen-bond acceptors (Lipinski definition) is 4. The van der Waals surface area contributed by atoms with Gasteiger partial charge in [0.15, 0.2) is 0 Å². The lowest BCUT2D eigenvalue weighted by atomic mass is 10.1. The minimum absolute atomic E-state index is 0.0900. The first kappa shape index (κ1) is 13.7. The van der Waals surface area contributed by atoms with Crippen LogP contribution in [-0.4, -0.2) is 23.2 Å². The number of aliphatic hydroxyl groups excluding tert-OH is 1. The molecular weight excluding hydrogens is 244 g/mol. The molecule has 0 spiro atoms. The van der Waals surface area contributed by atoms with E-state index in [4.69, 9.17) is 16.7 Å². The van der Waals surface area contributed by atoms with Crippen molar-refractivity contribution in [2.45, 2.75) is 13.8 Å². The van der Waals surface area contributed by atoms with Gasteiger partial charge in [-0.3, -0.25) is 10.1 Å². The van der Waals surface area contributed by atoms with Gasteiger partial charge >= 0.3 is 0 Å². The Bertz CT molecular complexity index is 423. The molecule has 0 heterocycles. The summed E-state index contributed by atoms with van der Waals surface area (Å²) in [7, 11) is 0. The maximum absolute atomic E-state index is 10.7. The van der Waals surface area contributed by atoms with Gasteiger partial charge in [-0.2, -0.15) is 0 Å². The number of aliphatic hydroxyl groups is 1. The molecule has 94 valence electrons. The molecule has 1 atom stereocenters. The third kappa shape index (κ3) is 3.57. The summed E-state index contributed by atoms with van der Waals surface area (Å²) in [6.45, 7) is 4.35. The number of hydrogen-bond donors (Lipinski definition) is 2. The van der Waals surface area contributed by atoms with Gasteiger partial charge in [-0.05, 0) is 24.5 Å². The molecule has 17 heavy (non-hydrogen) atoms. The monoisotopic (exact) mass is 258 g/mol. The molecule has 0 saturated carbocycles. The van der Waals surface area contributed by atoms with E-state index in [0.29, 0.717) is 6.54 Å². The highest BCUT2D eigenvalue weighted by molar-refractivity contribution is 6.33. The number of nitro benzene ring substituents is 1. The molecule has 0 amide bonds. The largest absolute Gasteiger partial charge is 0.396 e. The second kappa shape index (κ2) is 5.84. The SMILES string of the molecule is Cc1cc([N+](=O)[O-])c(Cl)cc1NCC(C)CO. The quantitative estimate of drug-likeness (QED) is 0.629. The lowest BCUT2D eigenvalue weighted by molar-refractivity contribution is -0.384. The lowest BCUT2D eigenvalue weighted by Crippen LogP contribution is -2.15. The fourth-order valence-corrected chi connectivity index (χ4v) is 1.58. The van der Waals surface area contributed by atoms with E-state index < -0.39 is 4.92 Å². The van der Waals surface area contributed by atoms with Crippen molar-refractivity contribution in [3.05, 3.63) is 32.8 Å². The van der Waals surface area contributed by atoms with Crippen LogP contribution in [0.1, 0.15) is 12.5 Å². The van der Waals surface area contributed by atoms with Crippen LogP contribution in [-0.2, 0) is 0 Å². The summed E-state index contributed by atoms with van der Waals surface area (Å²) in [5.74, 6) is 0.114. The minimum Gasteiger partial charge on any atom is -0.396 e. The molecule has 1 aromatic rings. The van der Waals surface area contributed by atoms with E-state index in [2.05, 4.69) is 5.32 Å². The standard InChI is InChI=1S/C11H15ClN2O3/c1-7(6-15)5-13-10-4-9(12)11(14(16)17)3-8(10)2/h3-4,7,13,15H,5-6H2,1-2H3. The van der Waals surface area contributed by atoms with Crippen molar-refractivity contribution in [1.82, 2.24) is 0 Å². The molecule has 2 N–H and O–H groups in total. The highest BCUT2D eigenvalue weighted by atomic mass is 35.5. The van der Waals surface area contributed by atoms with Crippen molar-refractivity contribution in [1.29, 1.82) is 0 Å². The number of nitrogens with one attached hydrogen (secondary N) is 1. The van der Waals surface area contributed by atoms with E-state index in [-0.39, 0.29) is 23.2 Å². The molecule has 6 heteroatoms. The number of nitrogens with zero attached hydrogens (tertiary/aromatic N) is 1. The number of aryl methyl sites for hydroxylation is 1. The van der Waals surface area contributed by atoms with E-state index in [1.54, 1.807) is 13.0 Å². The number of nitro groups is 1. The Balaban J connectivity index is 2.88. The summed E-state index contributed by atoms with van der Waals surface area (Å²) in [4.78, 5) is 10.2. The van der Waals surface area contributed by atoms with Crippen LogP contribution in [0.5, 0.6) is 0 Å². The molecule has 0 aromatic heterocycles. The molecule has 0 saturated heterocycles. The number of anilines is 1. The second-order valence-corrected chi connectivity index (χ2v) is 4.45. The third-order valence-electron chi connectivity index (χ3n) is 2.44. The van der Waals surface area contributed by atoms with Crippen LogP contribution < -0.4 is 5.32 Å². The molecule has 1 rings (SSSR count). The molecule has 0 radical (unpaired) electrons. The second-order valence-electron chi connectivity index (χ2n) is 4.04. The first-order valence-electron chi connectivity index (χ1n) is 5.25. The Morgan fingerprint density at radius 3 is 2.76 bits per heavy atom. The van der Waals surface area contributed by atoms with Crippen LogP contribution in [0.4, 0.5) is 11.4 Å². The Morgan fingerprint density at radius 2 is 2.24 bits per heavy atom. The van der Waals surface area contributed by atoms with Crippen LogP contribution in [0.15, 0.2) is 12.1 Å². The molecule has 1 unspecified atom stereocenters. The maximum Gasteiger partial charge on any atom is 0.288 e. The molecular formula is C11H15ClN2O3. The van der Waals surface area contributed by atoms with Gasteiger partial charge in [-0.25, -0.2) is 0 Å². The minimum atomic E-state index is -0.505. The summed E-state index contributed by atoms with van der Waals surface area (Å²) < 4.78 is 0. The Morgan fingerprint density at radius 1 is 1.59 bits per heavy atom. The summed E-state index contributed by atoms with van der Waals surface area (Å²) in [5, 5.41) is 22.8. The highest BCUT2D eigenvalue weighted by Crippen LogP contribution is 2.30. The van der Waals surface area contributed by atoms with E-state index >= 15 is 0 Å². The van der Waals surface area contributed by atoms with Gasteiger partial charge in [0.05, 0.1) is 4.92 Å². The summed E-state index contributed by atoms with van der Waals surface area (Å²) >= 11 is 5.81. The smallest absolute Gasteiger partial charge is 0.288 e. The number of rotatable bonds is 5. The first-order chi connectivity index (χ1) is 7.95. The van der Waals surface area contributed by atoms with Gasteiger partial charge in [-0.15, -0.1) is 0 Å².